The first-order valence-electron chi connectivity index (χ1n) is 6.66. The minimum absolute atomic E-state index is 0.0173. The summed E-state index contributed by atoms with van der Waals surface area (Å²) in [6, 6.07) is 4.27. The second-order valence-corrected chi connectivity index (χ2v) is 5.74. The Morgan fingerprint density at radius 1 is 1.38 bits per heavy atom. The minimum Gasteiger partial charge on any atom is -0.382 e. The maximum atomic E-state index is 13.1. The van der Waals surface area contributed by atoms with Crippen LogP contribution in [0, 0.1) is 5.82 Å². The highest BCUT2D eigenvalue weighted by Gasteiger charge is 2.24. The van der Waals surface area contributed by atoms with Gasteiger partial charge in [0, 0.05) is 24.1 Å². The highest BCUT2D eigenvalue weighted by atomic mass is 35.5. The third kappa shape index (κ3) is 5.99. The molecule has 6 heteroatoms. The number of nitrogens with one attached hydrogen (secondary N) is 1. The molecule has 0 aromatic heterocycles. The molecule has 1 N–H and O–H groups in total. The fourth-order valence-corrected chi connectivity index (χ4v) is 2.23. The van der Waals surface area contributed by atoms with E-state index in [1.54, 1.807) is 13.2 Å². The van der Waals surface area contributed by atoms with E-state index in [4.69, 9.17) is 21.1 Å². The van der Waals surface area contributed by atoms with Crippen molar-refractivity contribution in [1.82, 2.24) is 5.32 Å². The van der Waals surface area contributed by atoms with Gasteiger partial charge in [-0.3, -0.25) is 4.79 Å². The lowest BCUT2D eigenvalue weighted by Crippen LogP contribution is -2.38. The van der Waals surface area contributed by atoms with Gasteiger partial charge in [0.05, 0.1) is 13.2 Å². The third-order valence-electron chi connectivity index (χ3n) is 3.05. The molecule has 0 saturated carbocycles. The van der Waals surface area contributed by atoms with Gasteiger partial charge in [0.25, 0.3) is 0 Å². The van der Waals surface area contributed by atoms with Gasteiger partial charge in [-0.2, -0.15) is 0 Å². The molecule has 0 spiro atoms. The largest absolute Gasteiger partial charge is 0.382 e. The molecule has 4 nitrogen and oxygen atoms in total. The van der Waals surface area contributed by atoms with E-state index in [-0.39, 0.29) is 18.3 Å². The minimum atomic E-state index is -0.410. The van der Waals surface area contributed by atoms with Crippen molar-refractivity contribution < 1.29 is 18.7 Å². The highest BCUT2D eigenvalue weighted by molar-refractivity contribution is 6.31. The van der Waals surface area contributed by atoms with Crippen LogP contribution in [0.15, 0.2) is 18.2 Å². The summed E-state index contributed by atoms with van der Waals surface area (Å²) in [6.07, 6.45) is 0. The lowest BCUT2D eigenvalue weighted by molar-refractivity contribution is -0.126. The summed E-state index contributed by atoms with van der Waals surface area (Å²) in [5.41, 5.74) is 0.374. The van der Waals surface area contributed by atoms with Crippen molar-refractivity contribution in [3.8, 4) is 0 Å². The van der Waals surface area contributed by atoms with Gasteiger partial charge in [0.15, 0.2) is 0 Å². The quantitative estimate of drug-likeness (QED) is 0.750. The molecule has 0 fully saturated rings. The van der Waals surface area contributed by atoms with Crippen LogP contribution in [0.25, 0.3) is 0 Å². The number of ether oxygens (including phenoxy) is 2. The molecule has 1 rings (SSSR count). The van der Waals surface area contributed by atoms with E-state index in [0.29, 0.717) is 24.8 Å². The Morgan fingerprint density at radius 3 is 2.71 bits per heavy atom. The number of benzene rings is 1. The highest BCUT2D eigenvalue weighted by Crippen LogP contribution is 2.29. The number of rotatable bonds is 8. The Morgan fingerprint density at radius 2 is 2.10 bits per heavy atom. The Balaban J connectivity index is 2.50. The van der Waals surface area contributed by atoms with Crippen molar-refractivity contribution in [2.24, 2.45) is 0 Å². The Kier molecular flexibility index (Phi) is 7.08. The molecule has 21 heavy (non-hydrogen) atoms. The van der Waals surface area contributed by atoms with Crippen LogP contribution in [0.5, 0.6) is 0 Å². The summed E-state index contributed by atoms with van der Waals surface area (Å²) < 4.78 is 23.0. The molecular formula is C15H21ClFNO3. The van der Waals surface area contributed by atoms with Gasteiger partial charge in [-0.1, -0.05) is 31.5 Å². The number of hydrogen-bond donors (Lipinski definition) is 1. The first kappa shape index (κ1) is 17.9. The van der Waals surface area contributed by atoms with Crippen LogP contribution in [0.1, 0.15) is 19.4 Å². The molecule has 0 atom stereocenters. The molecule has 0 unspecified atom stereocenters. The molecule has 0 aliphatic rings. The Labute approximate surface area is 129 Å². The van der Waals surface area contributed by atoms with Gasteiger partial charge in [-0.25, -0.2) is 4.39 Å². The molecular weight excluding hydrogens is 297 g/mol. The second-order valence-electron chi connectivity index (χ2n) is 5.33. The number of methoxy groups -OCH3 is 1. The van der Waals surface area contributed by atoms with Crippen molar-refractivity contribution in [3.63, 3.8) is 0 Å². The molecule has 1 aromatic rings. The molecule has 0 saturated heterocycles. The first-order valence-corrected chi connectivity index (χ1v) is 7.03. The zero-order chi connectivity index (χ0) is 15.9. The Bertz CT molecular complexity index is 480. The first-order chi connectivity index (χ1) is 9.86. The van der Waals surface area contributed by atoms with E-state index in [2.05, 4.69) is 5.32 Å². The molecule has 0 aliphatic heterocycles. The zero-order valence-electron chi connectivity index (χ0n) is 12.5. The van der Waals surface area contributed by atoms with Crippen LogP contribution in [-0.4, -0.2) is 39.4 Å². The van der Waals surface area contributed by atoms with E-state index in [1.165, 1.54) is 12.1 Å². The predicted octanol–water partition coefficient (Wildman–Crippen LogP) is 2.54. The van der Waals surface area contributed by atoms with Gasteiger partial charge in [-0.15, -0.1) is 0 Å². The number of carbonyl (C=O) groups is 1. The van der Waals surface area contributed by atoms with E-state index < -0.39 is 5.41 Å². The standard InChI is InChI=1S/C15H21ClFNO3/c1-15(2,12-5-4-11(17)8-13(12)16)10-18-14(19)9-21-7-6-20-3/h4-5,8H,6-7,9-10H2,1-3H3,(H,18,19). The number of carbonyl (C=O) groups excluding carboxylic acids is 1. The zero-order valence-corrected chi connectivity index (χ0v) is 13.3. The predicted molar refractivity (Wildman–Crippen MR) is 80.1 cm³/mol. The monoisotopic (exact) mass is 317 g/mol. The summed E-state index contributed by atoms with van der Waals surface area (Å²) in [5.74, 6) is -0.590. The average molecular weight is 318 g/mol. The average Bonchev–Trinajstić information content (AvgIpc) is 2.41. The summed E-state index contributed by atoms with van der Waals surface area (Å²) in [4.78, 5) is 11.7. The summed E-state index contributed by atoms with van der Waals surface area (Å²) in [6.45, 7) is 5.04. The molecule has 1 aromatic carbocycles. The second kappa shape index (κ2) is 8.32. The van der Waals surface area contributed by atoms with Gasteiger partial charge in [-0.05, 0) is 17.7 Å². The lowest BCUT2D eigenvalue weighted by atomic mass is 9.84. The van der Waals surface area contributed by atoms with Crippen LogP contribution >= 0.6 is 11.6 Å². The van der Waals surface area contributed by atoms with Crippen LogP contribution in [-0.2, 0) is 19.7 Å². The Hall–Kier alpha value is -1.17. The maximum absolute atomic E-state index is 13.1. The van der Waals surface area contributed by atoms with Crippen molar-refractivity contribution >= 4 is 17.5 Å². The van der Waals surface area contributed by atoms with Crippen LogP contribution in [0.4, 0.5) is 4.39 Å². The molecule has 0 heterocycles. The van der Waals surface area contributed by atoms with E-state index in [0.717, 1.165) is 5.56 Å². The van der Waals surface area contributed by atoms with Crippen molar-refractivity contribution in [2.75, 3.05) is 33.5 Å². The van der Waals surface area contributed by atoms with E-state index in [1.807, 2.05) is 13.8 Å². The number of halogens is 2. The number of hydrogen-bond acceptors (Lipinski definition) is 3. The summed E-state index contributed by atoms with van der Waals surface area (Å²) in [5, 5.41) is 3.14. The van der Waals surface area contributed by atoms with E-state index >= 15 is 0 Å². The fraction of sp³-hybridized carbons (Fsp3) is 0.533. The molecule has 0 aliphatic carbocycles. The van der Waals surface area contributed by atoms with Gasteiger partial charge in [0.2, 0.25) is 5.91 Å². The van der Waals surface area contributed by atoms with Crippen molar-refractivity contribution in [1.29, 1.82) is 0 Å². The summed E-state index contributed by atoms with van der Waals surface area (Å²) >= 11 is 6.06. The SMILES string of the molecule is COCCOCC(=O)NCC(C)(C)c1ccc(F)cc1Cl. The maximum Gasteiger partial charge on any atom is 0.246 e. The van der Waals surface area contributed by atoms with E-state index in [9.17, 15) is 9.18 Å². The lowest BCUT2D eigenvalue weighted by Gasteiger charge is -2.26. The molecule has 0 bridgehead atoms. The molecule has 0 radical (unpaired) electrons. The van der Waals surface area contributed by atoms with Gasteiger partial charge in [0.1, 0.15) is 12.4 Å². The fourth-order valence-electron chi connectivity index (χ4n) is 1.81. The van der Waals surface area contributed by atoms with Gasteiger partial charge >= 0.3 is 0 Å². The normalized spacial score (nSPS) is 11.5. The smallest absolute Gasteiger partial charge is 0.246 e. The molecule has 118 valence electrons. The number of amides is 1. The van der Waals surface area contributed by atoms with Crippen LogP contribution in [0.2, 0.25) is 5.02 Å². The third-order valence-corrected chi connectivity index (χ3v) is 3.37. The van der Waals surface area contributed by atoms with Gasteiger partial charge < -0.3 is 14.8 Å². The van der Waals surface area contributed by atoms with Crippen molar-refractivity contribution in [3.05, 3.63) is 34.6 Å². The molecule has 1 amide bonds. The van der Waals surface area contributed by atoms with Crippen molar-refractivity contribution in [2.45, 2.75) is 19.3 Å². The van der Waals surface area contributed by atoms with Crippen LogP contribution < -0.4 is 5.32 Å². The topological polar surface area (TPSA) is 47.6 Å². The summed E-state index contributed by atoms with van der Waals surface area (Å²) in [7, 11) is 1.57. The van der Waals surface area contributed by atoms with Crippen LogP contribution in [0.3, 0.4) is 0 Å².